The molecule has 0 heterocycles. The molecule has 0 amide bonds. The van der Waals surface area contributed by atoms with Crippen molar-refractivity contribution in [1.82, 2.24) is 0 Å². The molecule has 1 rings (SSSR count). The van der Waals surface area contributed by atoms with Crippen LogP contribution in [0.15, 0.2) is 22.7 Å². The average Bonchev–Trinajstić information content (AvgIpc) is 2.38. The molecule has 1 unspecified atom stereocenters. The fraction of sp³-hybridized carbons (Fsp3) is 0.500. The lowest BCUT2D eigenvalue weighted by atomic mass is 10.0. The van der Waals surface area contributed by atoms with Crippen molar-refractivity contribution in [2.45, 2.75) is 32.2 Å². The van der Waals surface area contributed by atoms with Gasteiger partial charge in [0.1, 0.15) is 5.75 Å². The Hall–Kier alpha value is -1.07. The van der Waals surface area contributed by atoms with E-state index in [1.165, 1.54) is 0 Å². The second kappa shape index (κ2) is 8.17. The van der Waals surface area contributed by atoms with E-state index in [9.17, 15) is 4.79 Å². The van der Waals surface area contributed by atoms with Gasteiger partial charge in [0.05, 0.1) is 13.7 Å². The van der Waals surface area contributed by atoms with Gasteiger partial charge in [-0.15, -0.1) is 0 Å². The van der Waals surface area contributed by atoms with Crippen LogP contribution in [0.2, 0.25) is 0 Å². The number of halogens is 1. The summed E-state index contributed by atoms with van der Waals surface area (Å²) in [6.07, 6.45) is 1.87. The zero-order chi connectivity index (χ0) is 14.3. The van der Waals surface area contributed by atoms with Crippen LogP contribution in [-0.2, 0) is 9.53 Å². The molecular weight excluding hydrogens is 310 g/mol. The number of carbonyl (C=O) groups excluding carboxylic acids is 1. The lowest BCUT2D eigenvalue weighted by Gasteiger charge is -2.14. The van der Waals surface area contributed by atoms with Gasteiger partial charge in [-0.1, -0.05) is 22.0 Å². The highest BCUT2D eigenvalue weighted by Crippen LogP contribution is 2.28. The maximum atomic E-state index is 11.2. The predicted octanol–water partition coefficient (Wildman–Crippen LogP) is 3.19. The summed E-state index contributed by atoms with van der Waals surface area (Å²) in [7, 11) is 1.63. The molecule has 2 N–H and O–H groups in total. The topological polar surface area (TPSA) is 61.5 Å². The molecule has 0 fully saturated rings. The standard InChI is InChI=1S/C14H20BrNO3/c1-3-19-14(17)6-4-5-13(16)11-8-7-10(18-2)9-12(11)15/h7-9,13H,3-6,16H2,1-2H3. The Morgan fingerprint density at radius 3 is 2.79 bits per heavy atom. The summed E-state index contributed by atoms with van der Waals surface area (Å²) in [5.41, 5.74) is 7.14. The molecule has 4 nitrogen and oxygen atoms in total. The SMILES string of the molecule is CCOC(=O)CCCC(N)c1ccc(OC)cc1Br. The van der Waals surface area contributed by atoms with Crippen molar-refractivity contribution in [1.29, 1.82) is 0 Å². The van der Waals surface area contributed by atoms with Crippen molar-refractivity contribution in [2.75, 3.05) is 13.7 Å². The molecule has 0 aromatic heterocycles. The Morgan fingerprint density at radius 2 is 2.21 bits per heavy atom. The van der Waals surface area contributed by atoms with Crippen LogP contribution < -0.4 is 10.5 Å². The third kappa shape index (κ3) is 5.20. The lowest BCUT2D eigenvalue weighted by Crippen LogP contribution is -2.12. The summed E-state index contributed by atoms with van der Waals surface area (Å²) >= 11 is 3.48. The Kier molecular flexibility index (Phi) is 6.87. The van der Waals surface area contributed by atoms with Crippen molar-refractivity contribution in [2.24, 2.45) is 5.73 Å². The fourth-order valence-corrected chi connectivity index (χ4v) is 2.44. The monoisotopic (exact) mass is 329 g/mol. The van der Waals surface area contributed by atoms with Crippen molar-refractivity contribution < 1.29 is 14.3 Å². The molecule has 0 aliphatic rings. The molecule has 0 aliphatic heterocycles. The first-order chi connectivity index (χ1) is 9.08. The molecule has 5 heteroatoms. The molecule has 0 radical (unpaired) electrons. The highest BCUT2D eigenvalue weighted by molar-refractivity contribution is 9.10. The number of ether oxygens (including phenoxy) is 2. The lowest BCUT2D eigenvalue weighted by molar-refractivity contribution is -0.143. The van der Waals surface area contributed by atoms with E-state index in [0.717, 1.165) is 28.6 Å². The van der Waals surface area contributed by atoms with Gasteiger partial charge in [-0.05, 0) is 37.5 Å². The first kappa shape index (κ1) is 16.0. The van der Waals surface area contributed by atoms with Gasteiger partial charge in [-0.25, -0.2) is 0 Å². The van der Waals surface area contributed by atoms with Crippen LogP contribution >= 0.6 is 15.9 Å². The summed E-state index contributed by atoms with van der Waals surface area (Å²) in [6.45, 7) is 2.23. The van der Waals surface area contributed by atoms with Gasteiger partial charge in [0, 0.05) is 16.9 Å². The molecule has 1 aromatic carbocycles. The molecule has 0 saturated carbocycles. The van der Waals surface area contributed by atoms with Crippen molar-refractivity contribution in [3.05, 3.63) is 28.2 Å². The largest absolute Gasteiger partial charge is 0.497 e. The number of hydrogen-bond donors (Lipinski definition) is 1. The Labute approximate surface area is 122 Å². The third-order valence-corrected chi connectivity index (χ3v) is 3.50. The number of nitrogens with two attached hydrogens (primary N) is 1. The van der Waals surface area contributed by atoms with E-state index in [0.29, 0.717) is 13.0 Å². The van der Waals surface area contributed by atoms with E-state index >= 15 is 0 Å². The molecule has 0 aliphatic carbocycles. The molecule has 0 saturated heterocycles. The Morgan fingerprint density at radius 1 is 1.47 bits per heavy atom. The number of methoxy groups -OCH3 is 1. The van der Waals surface area contributed by atoms with Gasteiger partial charge in [0.25, 0.3) is 0 Å². The Balaban J connectivity index is 2.49. The van der Waals surface area contributed by atoms with Gasteiger partial charge in [0.15, 0.2) is 0 Å². The van der Waals surface area contributed by atoms with E-state index in [1.54, 1.807) is 14.0 Å². The second-order valence-electron chi connectivity index (χ2n) is 4.19. The van der Waals surface area contributed by atoms with Crippen LogP contribution in [0, 0.1) is 0 Å². The summed E-state index contributed by atoms with van der Waals surface area (Å²) in [6, 6.07) is 5.61. The Bertz CT molecular complexity index is 423. The molecule has 1 atom stereocenters. The minimum atomic E-state index is -0.163. The van der Waals surface area contributed by atoms with E-state index in [4.69, 9.17) is 15.2 Å². The van der Waals surface area contributed by atoms with Gasteiger partial charge in [-0.3, -0.25) is 4.79 Å². The number of carbonyl (C=O) groups is 1. The predicted molar refractivity (Wildman–Crippen MR) is 78.1 cm³/mol. The van der Waals surface area contributed by atoms with Crippen LogP contribution in [0.25, 0.3) is 0 Å². The van der Waals surface area contributed by atoms with E-state index in [2.05, 4.69) is 15.9 Å². The summed E-state index contributed by atoms with van der Waals surface area (Å²) in [5, 5.41) is 0. The molecule has 1 aromatic rings. The van der Waals surface area contributed by atoms with Crippen LogP contribution in [0.4, 0.5) is 0 Å². The van der Waals surface area contributed by atoms with Crippen molar-refractivity contribution in [3.8, 4) is 5.75 Å². The molecule has 19 heavy (non-hydrogen) atoms. The zero-order valence-corrected chi connectivity index (χ0v) is 12.9. The number of hydrogen-bond acceptors (Lipinski definition) is 4. The quantitative estimate of drug-likeness (QED) is 0.780. The average molecular weight is 330 g/mol. The zero-order valence-electron chi connectivity index (χ0n) is 11.3. The third-order valence-electron chi connectivity index (χ3n) is 2.81. The van der Waals surface area contributed by atoms with E-state index in [-0.39, 0.29) is 12.0 Å². The van der Waals surface area contributed by atoms with Crippen LogP contribution in [0.5, 0.6) is 5.75 Å². The second-order valence-corrected chi connectivity index (χ2v) is 5.05. The van der Waals surface area contributed by atoms with Crippen LogP contribution in [0.3, 0.4) is 0 Å². The first-order valence-corrected chi connectivity index (χ1v) is 7.12. The molecule has 0 spiro atoms. The maximum absolute atomic E-state index is 11.2. The normalized spacial score (nSPS) is 12.0. The van der Waals surface area contributed by atoms with Crippen LogP contribution in [-0.4, -0.2) is 19.7 Å². The highest BCUT2D eigenvalue weighted by atomic mass is 79.9. The highest BCUT2D eigenvalue weighted by Gasteiger charge is 2.12. The maximum Gasteiger partial charge on any atom is 0.305 e. The minimum absolute atomic E-state index is 0.102. The summed E-state index contributed by atoms with van der Waals surface area (Å²) < 4.78 is 10.9. The van der Waals surface area contributed by atoms with Crippen molar-refractivity contribution in [3.63, 3.8) is 0 Å². The van der Waals surface area contributed by atoms with Crippen molar-refractivity contribution >= 4 is 21.9 Å². The van der Waals surface area contributed by atoms with Gasteiger partial charge >= 0.3 is 5.97 Å². The van der Waals surface area contributed by atoms with Gasteiger partial charge < -0.3 is 15.2 Å². The number of rotatable bonds is 7. The summed E-state index contributed by atoms with van der Waals surface area (Å²) in [5.74, 6) is 0.623. The first-order valence-electron chi connectivity index (χ1n) is 6.33. The molecular formula is C14H20BrNO3. The number of benzene rings is 1. The summed E-state index contributed by atoms with van der Waals surface area (Å²) in [4.78, 5) is 11.2. The van der Waals surface area contributed by atoms with Gasteiger partial charge in [-0.2, -0.15) is 0 Å². The van der Waals surface area contributed by atoms with Crippen LogP contribution in [0.1, 0.15) is 37.8 Å². The van der Waals surface area contributed by atoms with E-state index < -0.39 is 0 Å². The van der Waals surface area contributed by atoms with E-state index in [1.807, 2.05) is 18.2 Å². The molecule has 0 bridgehead atoms. The number of esters is 1. The van der Waals surface area contributed by atoms with Gasteiger partial charge in [0.2, 0.25) is 0 Å². The molecule has 106 valence electrons. The smallest absolute Gasteiger partial charge is 0.305 e. The fourth-order valence-electron chi connectivity index (χ4n) is 1.79. The minimum Gasteiger partial charge on any atom is -0.497 e.